The van der Waals surface area contributed by atoms with Gasteiger partial charge in [-0.05, 0) is 91.8 Å². The first-order valence-corrected chi connectivity index (χ1v) is 12.0. The number of anilines is 1. The second-order valence-corrected chi connectivity index (χ2v) is 9.54. The van der Waals surface area contributed by atoms with E-state index in [2.05, 4.69) is 103 Å². The van der Waals surface area contributed by atoms with E-state index in [1.807, 2.05) is 30.7 Å². The minimum atomic E-state index is -0.0581. The molecule has 0 spiro atoms. The van der Waals surface area contributed by atoms with Crippen molar-refractivity contribution in [3.05, 3.63) is 112 Å². The number of pyridine rings is 2. The summed E-state index contributed by atoms with van der Waals surface area (Å²) in [6, 6.07) is 20.7. The molecular weight excluding hydrogens is 494 g/mol. The lowest BCUT2D eigenvalue weighted by Gasteiger charge is -2.28. The van der Waals surface area contributed by atoms with Crippen molar-refractivity contribution >= 4 is 38.9 Å². The Labute approximate surface area is 207 Å². The minimum absolute atomic E-state index is 0.0223. The quantitative estimate of drug-likeness (QED) is 0.334. The summed E-state index contributed by atoms with van der Waals surface area (Å²) in [4.78, 5) is 11.0. The third-order valence-corrected chi connectivity index (χ3v) is 7.07. The van der Waals surface area contributed by atoms with Crippen molar-refractivity contribution in [2.45, 2.75) is 32.5 Å². The predicted octanol–water partition coefficient (Wildman–Crippen LogP) is 5.88. The third-order valence-electron chi connectivity index (χ3n) is 6.22. The minimum Gasteiger partial charge on any atom is -0.351 e. The summed E-state index contributed by atoms with van der Waals surface area (Å²) in [5, 5.41) is 4.26. The van der Waals surface area contributed by atoms with Crippen LogP contribution in [0.1, 0.15) is 40.3 Å². The number of hydrogen-bond acceptors (Lipinski definition) is 3. The highest BCUT2D eigenvalue weighted by Gasteiger charge is 2.42. The van der Waals surface area contributed by atoms with Crippen molar-refractivity contribution in [2.75, 3.05) is 4.90 Å². The van der Waals surface area contributed by atoms with Gasteiger partial charge in [0.2, 0.25) is 0 Å². The van der Waals surface area contributed by atoms with E-state index in [1.54, 1.807) is 0 Å². The van der Waals surface area contributed by atoms with E-state index in [4.69, 9.17) is 12.2 Å². The molecule has 166 valence electrons. The Kier molecular flexibility index (Phi) is 6.00. The summed E-state index contributed by atoms with van der Waals surface area (Å²) in [5.74, 6) is 0. The first-order chi connectivity index (χ1) is 16.0. The van der Waals surface area contributed by atoms with Gasteiger partial charge in [0.25, 0.3) is 0 Å². The van der Waals surface area contributed by atoms with Crippen LogP contribution in [-0.4, -0.2) is 19.6 Å². The Morgan fingerprint density at radius 1 is 1.00 bits per heavy atom. The number of benzene rings is 1. The lowest BCUT2D eigenvalue weighted by atomic mass is 9.96. The van der Waals surface area contributed by atoms with Gasteiger partial charge in [0.1, 0.15) is 0 Å². The maximum Gasteiger partial charge on any atom is 0.174 e. The molecule has 1 aromatic carbocycles. The third kappa shape index (κ3) is 4.18. The summed E-state index contributed by atoms with van der Waals surface area (Å²) in [5.41, 5.74) is 6.94. The van der Waals surface area contributed by atoms with Crippen LogP contribution in [0.25, 0.3) is 0 Å². The molecule has 4 heterocycles. The zero-order valence-corrected chi connectivity index (χ0v) is 20.8. The van der Waals surface area contributed by atoms with Gasteiger partial charge in [-0.2, -0.15) is 0 Å². The summed E-state index contributed by atoms with van der Waals surface area (Å²) < 4.78 is 3.40. The molecule has 2 unspecified atom stereocenters. The zero-order valence-electron chi connectivity index (χ0n) is 18.4. The van der Waals surface area contributed by atoms with Crippen LogP contribution in [0.5, 0.6) is 0 Å². The number of aryl methyl sites for hydroxylation is 1. The molecule has 1 N–H and O–H groups in total. The number of nitrogens with one attached hydrogen (secondary N) is 1. The van der Waals surface area contributed by atoms with Crippen LogP contribution >= 0.6 is 28.1 Å². The van der Waals surface area contributed by atoms with Crippen LogP contribution in [-0.2, 0) is 6.54 Å². The van der Waals surface area contributed by atoms with Gasteiger partial charge in [-0.3, -0.25) is 9.97 Å². The highest BCUT2D eigenvalue weighted by Crippen LogP contribution is 2.43. The highest BCUT2D eigenvalue weighted by atomic mass is 79.9. The summed E-state index contributed by atoms with van der Waals surface area (Å²) >= 11 is 9.41. The number of hydrogen-bond donors (Lipinski definition) is 1. The normalized spacial score (nSPS) is 17.9. The Balaban J connectivity index is 1.62. The van der Waals surface area contributed by atoms with Crippen LogP contribution in [0.2, 0.25) is 0 Å². The Morgan fingerprint density at radius 3 is 2.45 bits per heavy atom. The fourth-order valence-corrected chi connectivity index (χ4v) is 5.20. The largest absolute Gasteiger partial charge is 0.351 e. The molecule has 1 aliphatic heterocycles. The van der Waals surface area contributed by atoms with Crippen molar-refractivity contribution < 1.29 is 0 Å². The Hall–Kier alpha value is -3.03. The number of halogens is 1. The standard InChI is InChI=1S/C26H24BrN5S/c1-17-15-22(18(2)31(17)16-19-10-13-28-14-11-19)25-24(23-5-3-4-12-29-23)30-26(33)32(25)21-8-6-20(27)7-9-21/h3-15,24-25H,16H2,1-2H3,(H,30,33). The number of thiocarbonyl (C=S) groups is 1. The van der Waals surface area contributed by atoms with E-state index in [1.165, 1.54) is 22.5 Å². The van der Waals surface area contributed by atoms with Crippen molar-refractivity contribution in [3.8, 4) is 0 Å². The smallest absolute Gasteiger partial charge is 0.174 e. The van der Waals surface area contributed by atoms with Gasteiger partial charge in [-0.15, -0.1) is 0 Å². The van der Waals surface area contributed by atoms with Crippen LogP contribution < -0.4 is 10.2 Å². The lowest BCUT2D eigenvalue weighted by Crippen LogP contribution is -2.29. The molecule has 0 bridgehead atoms. The molecule has 5 rings (SSSR count). The van der Waals surface area contributed by atoms with E-state index in [0.29, 0.717) is 5.11 Å². The molecule has 2 atom stereocenters. The van der Waals surface area contributed by atoms with E-state index >= 15 is 0 Å². The molecule has 5 nitrogen and oxygen atoms in total. The fourth-order valence-electron chi connectivity index (χ4n) is 4.59. The van der Waals surface area contributed by atoms with Crippen LogP contribution in [0.4, 0.5) is 5.69 Å². The van der Waals surface area contributed by atoms with Crippen LogP contribution in [0.3, 0.4) is 0 Å². The fraction of sp³-hybridized carbons (Fsp3) is 0.192. The monoisotopic (exact) mass is 517 g/mol. The maximum absolute atomic E-state index is 5.86. The van der Waals surface area contributed by atoms with Gasteiger partial charge < -0.3 is 14.8 Å². The molecule has 33 heavy (non-hydrogen) atoms. The lowest BCUT2D eigenvalue weighted by molar-refractivity contribution is 0.563. The van der Waals surface area contributed by atoms with Gasteiger partial charge >= 0.3 is 0 Å². The molecule has 0 aliphatic carbocycles. The molecule has 4 aromatic rings. The highest BCUT2D eigenvalue weighted by molar-refractivity contribution is 9.10. The second-order valence-electron chi connectivity index (χ2n) is 8.24. The van der Waals surface area contributed by atoms with Crippen molar-refractivity contribution in [1.29, 1.82) is 0 Å². The van der Waals surface area contributed by atoms with E-state index in [-0.39, 0.29) is 12.1 Å². The van der Waals surface area contributed by atoms with E-state index in [0.717, 1.165) is 22.4 Å². The Bertz CT molecular complexity index is 1270. The molecular formula is C26H24BrN5S. The van der Waals surface area contributed by atoms with Crippen molar-refractivity contribution in [1.82, 2.24) is 19.9 Å². The molecule has 0 amide bonds. The molecule has 1 aliphatic rings. The zero-order chi connectivity index (χ0) is 22.9. The first-order valence-electron chi connectivity index (χ1n) is 10.8. The van der Waals surface area contributed by atoms with Gasteiger partial charge in [-0.1, -0.05) is 22.0 Å². The molecule has 1 saturated heterocycles. The maximum atomic E-state index is 5.86. The van der Waals surface area contributed by atoms with Crippen molar-refractivity contribution in [2.24, 2.45) is 0 Å². The van der Waals surface area contributed by atoms with Gasteiger partial charge in [0, 0.05) is 46.7 Å². The van der Waals surface area contributed by atoms with Crippen molar-refractivity contribution in [3.63, 3.8) is 0 Å². The predicted molar refractivity (Wildman–Crippen MR) is 139 cm³/mol. The number of nitrogens with zero attached hydrogens (tertiary/aromatic N) is 4. The molecule has 3 aromatic heterocycles. The van der Waals surface area contributed by atoms with Gasteiger partial charge in [0.15, 0.2) is 5.11 Å². The summed E-state index contributed by atoms with van der Waals surface area (Å²) in [6.45, 7) is 5.16. The Morgan fingerprint density at radius 2 is 1.76 bits per heavy atom. The average Bonchev–Trinajstić information content (AvgIpc) is 3.32. The van der Waals surface area contributed by atoms with E-state index < -0.39 is 0 Å². The second kappa shape index (κ2) is 9.08. The van der Waals surface area contributed by atoms with E-state index in [9.17, 15) is 0 Å². The molecule has 1 fully saturated rings. The van der Waals surface area contributed by atoms with Gasteiger partial charge in [0.05, 0.1) is 17.8 Å². The van der Waals surface area contributed by atoms with Gasteiger partial charge in [-0.25, -0.2) is 0 Å². The molecule has 0 saturated carbocycles. The first kappa shape index (κ1) is 21.8. The number of aromatic nitrogens is 3. The average molecular weight is 518 g/mol. The number of rotatable bonds is 5. The summed E-state index contributed by atoms with van der Waals surface area (Å²) in [6.07, 6.45) is 5.53. The SMILES string of the molecule is Cc1cc(C2C(c3ccccn3)NC(=S)N2c2ccc(Br)cc2)c(C)n1Cc1ccncc1. The van der Waals surface area contributed by atoms with Crippen LogP contribution in [0, 0.1) is 13.8 Å². The molecule has 7 heteroatoms. The molecule has 0 radical (unpaired) electrons. The summed E-state index contributed by atoms with van der Waals surface area (Å²) in [7, 11) is 0. The van der Waals surface area contributed by atoms with Crippen LogP contribution in [0.15, 0.2) is 83.7 Å². The topological polar surface area (TPSA) is 46.0 Å².